The summed E-state index contributed by atoms with van der Waals surface area (Å²) < 4.78 is 5.14. The maximum Gasteiger partial charge on any atom is 0.335 e. The van der Waals surface area contributed by atoms with E-state index < -0.39 is 12.2 Å². The normalized spacial score (nSPS) is 12.5. The zero-order valence-corrected chi connectivity index (χ0v) is 8.99. The van der Waals surface area contributed by atoms with Crippen LogP contribution in [0.3, 0.4) is 0 Å². The van der Waals surface area contributed by atoms with Crippen molar-refractivity contribution in [3.63, 3.8) is 0 Å². The van der Waals surface area contributed by atoms with Gasteiger partial charge in [-0.25, -0.2) is 4.79 Å². The van der Waals surface area contributed by atoms with Crippen molar-refractivity contribution in [2.75, 3.05) is 6.61 Å². The molecule has 0 aliphatic carbocycles. The number of ether oxygens (including phenoxy) is 1. The molecular weight excluding hydrogens is 218 g/mol. The van der Waals surface area contributed by atoms with Gasteiger partial charge in [-0.15, -0.1) is 0 Å². The largest absolute Gasteiger partial charge is 0.478 e. The maximum atomic E-state index is 10.7. The first-order valence-corrected chi connectivity index (χ1v) is 4.84. The molecule has 3 N–H and O–H groups in total. The van der Waals surface area contributed by atoms with E-state index in [1.807, 2.05) is 0 Å². The molecular formula is C10H12ClNO3. The smallest absolute Gasteiger partial charge is 0.335 e. The predicted octanol–water partition coefficient (Wildman–Crippen LogP) is 2.03. The summed E-state index contributed by atoms with van der Waals surface area (Å²) in [4.78, 5) is 10.7. The summed E-state index contributed by atoms with van der Waals surface area (Å²) in [5.41, 5.74) is 6.30. The minimum Gasteiger partial charge on any atom is -0.478 e. The van der Waals surface area contributed by atoms with Crippen LogP contribution in [0.15, 0.2) is 18.2 Å². The molecule has 1 rings (SSSR count). The predicted molar refractivity (Wildman–Crippen MR) is 57.0 cm³/mol. The van der Waals surface area contributed by atoms with Crippen LogP contribution >= 0.6 is 11.6 Å². The molecule has 0 bridgehead atoms. The van der Waals surface area contributed by atoms with Gasteiger partial charge in [0.25, 0.3) is 0 Å². The average Bonchev–Trinajstić information content (AvgIpc) is 2.18. The molecule has 82 valence electrons. The fourth-order valence-electron chi connectivity index (χ4n) is 1.16. The molecule has 1 aromatic carbocycles. The van der Waals surface area contributed by atoms with Gasteiger partial charge in [0.15, 0.2) is 0 Å². The summed E-state index contributed by atoms with van der Waals surface area (Å²) in [7, 11) is 0. The number of nitrogens with two attached hydrogens (primary N) is 1. The second-order valence-electron chi connectivity index (χ2n) is 2.92. The Labute approximate surface area is 92.6 Å². The van der Waals surface area contributed by atoms with Gasteiger partial charge in [0, 0.05) is 17.2 Å². The van der Waals surface area contributed by atoms with Crippen LogP contribution in [0.1, 0.15) is 29.1 Å². The zero-order valence-electron chi connectivity index (χ0n) is 8.24. The minimum atomic E-state index is -1.02. The number of carboxylic acid groups (broad SMARTS) is 1. The Morgan fingerprint density at radius 3 is 2.87 bits per heavy atom. The number of rotatable bonds is 4. The van der Waals surface area contributed by atoms with Gasteiger partial charge < -0.3 is 15.6 Å². The fourth-order valence-corrected chi connectivity index (χ4v) is 1.39. The van der Waals surface area contributed by atoms with E-state index in [4.69, 9.17) is 27.2 Å². The lowest BCUT2D eigenvalue weighted by molar-refractivity contribution is 0.0666. The molecule has 4 nitrogen and oxygen atoms in total. The number of aromatic carboxylic acids is 1. The lowest BCUT2D eigenvalue weighted by atomic mass is 10.1. The van der Waals surface area contributed by atoms with Crippen molar-refractivity contribution in [3.05, 3.63) is 34.3 Å². The molecule has 5 heteroatoms. The van der Waals surface area contributed by atoms with Crippen molar-refractivity contribution < 1.29 is 14.6 Å². The molecule has 0 radical (unpaired) electrons. The fraction of sp³-hybridized carbons (Fsp3) is 0.300. The molecule has 0 fully saturated rings. The van der Waals surface area contributed by atoms with Crippen LogP contribution in [0.4, 0.5) is 0 Å². The highest BCUT2D eigenvalue weighted by molar-refractivity contribution is 6.31. The molecule has 1 unspecified atom stereocenters. The van der Waals surface area contributed by atoms with E-state index in [0.29, 0.717) is 17.2 Å². The Balaban J connectivity index is 3.04. The van der Waals surface area contributed by atoms with E-state index in [9.17, 15) is 4.79 Å². The van der Waals surface area contributed by atoms with Crippen LogP contribution in [-0.2, 0) is 4.74 Å². The van der Waals surface area contributed by atoms with Gasteiger partial charge in [-0.05, 0) is 25.1 Å². The Kier molecular flexibility index (Phi) is 4.08. The molecule has 0 saturated carbocycles. The SMILES string of the molecule is CCOC(N)c1cc(C(=O)O)ccc1Cl. The standard InChI is InChI=1S/C10H12ClNO3/c1-2-15-9(12)7-5-6(10(13)14)3-4-8(7)11/h3-5,9H,2,12H2,1H3,(H,13,14). The summed E-state index contributed by atoms with van der Waals surface area (Å²) in [6, 6.07) is 4.34. The van der Waals surface area contributed by atoms with Crippen LogP contribution in [0.5, 0.6) is 0 Å². The van der Waals surface area contributed by atoms with Gasteiger partial charge in [-0.1, -0.05) is 11.6 Å². The van der Waals surface area contributed by atoms with Crippen molar-refractivity contribution in [1.29, 1.82) is 0 Å². The molecule has 0 saturated heterocycles. The molecule has 0 spiro atoms. The van der Waals surface area contributed by atoms with Crippen LogP contribution in [0.25, 0.3) is 0 Å². The Hall–Kier alpha value is -1.10. The second kappa shape index (κ2) is 5.11. The first-order valence-electron chi connectivity index (χ1n) is 4.46. The Morgan fingerprint density at radius 2 is 2.33 bits per heavy atom. The molecule has 15 heavy (non-hydrogen) atoms. The number of hydrogen-bond donors (Lipinski definition) is 2. The molecule has 1 aromatic rings. The number of hydrogen-bond acceptors (Lipinski definition) is 3. The number of halogens is 1. The quantitative estimate of drug-likeness (QED) is 0.775. The lowest BCUT2D eigenvalue weighted by Gasteiger charge is -2.13. The van der Waals surface area contributed by atoms with Crippen molar-refractivity contribution in [1.82, 2.24) is 0 Å². The van der Waals surface area contributed by atoms with E-state index in [1.165, 1.54) is 18.2 Å². The van der Waals surface area contributed by atoms with Crippen molar-refractivity contribution in [2.24, 2.45) is 5.73 Å². The number of benzene rings is 1. The number of carbonyl (C=O) groups is 1. The highest BCUT2D eigenvalue weighted by Crippen LogP contribution is 2.23. The lowest BCUT2D eigenvalue weighted by Crippen LogP contribution is -2.15. The van der Waals surface area contributed by atoms with Gasteiger partial charge in [0.1, 0.15) is 6.23 Å². The van der Waals surface area contributed by atoms with Crippen molar-refractivity contribution >= 4 is 17.6 Å². The van der Waals surface area contributed by atoms with E-state index in [-0.39, 0.29) is 5.56 Å². The second-order valence-corrected chi connectivity index (χ2v) is 3.32. The van der Waals surface area contributed by atoms with Crippen LogP contribution in [0.2, 0.25) is 5.02 Å². The van der Waals surface area contributed by atoms with Gasteiger partial charge in [-0.3, -0.25) is 0 Å². The van der Waals surface area contributed by atoms with E-state index in [2.05, 4.69) is 0 Å². The topological polar surface area (TPSA) is 72.5 Å². The van der Waals surface area contributed by atoms with Crippen LogP contribution in [0, 0.1) is 0 Å². The van der Waals surface area contributed by atoms with Gasteiger partial charge in [0.2, 0.25) is 0 Å². The monoisotopic (exact) mass is 229 g/mol. The van der Waals surface area contributed by atoms with Crippen LogP contribution in [-0.4, -0.2) is 17.7 Å². The highest BCUT2D eigenvalue weighted by atomic mass is 35.5. The van der Waals surface area contributed by atoms with Crippen LogP contribution < -0.4 is 5.73 Å². The van der Waals surface area contributed by atoms with E-state index in [0.717, 1.165) is 0 Å². The summed E-state index contributed by atoms with van der Waals surface area (Å²) in [5, 5.41) is 9.19. The minimum absolute atomic E-state index is 0.143. The third kappa shape index (κ3) is 2.92. The van der Waals surface area contributed by atoms with Crippen molar-refractivity contribution in [2.45, 2.75) is 13.2 Å². The Morgan fingerprint density at radius 1 is 1.67 bits per heavy atom. The molecule has 0 aliphatic rings. The third-order valence-electron chi connectivity index (χ3n) is 1.90. The summed E-state index contributed by atoms with van der Waals surface area (Å²) in [5.74, 6) is -1.02. The summed E-state index contributed by atoms with van der Waals surface area (Å²) in [6.45, 7) is 2.24. The van der Waals surface area contributed by atoms with E-state index in [1.54, 1.807) is 6.92 Å². The Bertz CT molecular complexity index is 368. The first-order chi connectivity index (χ1) is 7.06. The molecule has 0 heterocycles. The molecule has 0 aliphatic heterocycles. The third-order valence-corrected chi connectivity index (χ3v) is 2.24. The molecule has 0 aromatic heterocycles. The first kappa shape index (κ1) is 12.0. The van der Waals surface area contributed by atoms with Gasteiger partial charge in [0.05, 0.1) is 5.56 Å². The summed E-state index contributed by atoms with van der Waals surface area (Å²) >= 11 is 5.88. The van der Waals surface area contributed by atoms with Gasteiger partial charge >= 0.3 is 5.97 Å². The zero-order chi connectivity index (χ0) is 11.4. The molecule has 1 atom stereocenters. The van der Waals surface area contributed by atoms with E-state index >= 15 is 0 Å². The summed E-state index contributed by atoms with van der Waals surface area (Å²) in [6.07, 6.45) is -0.693. The highest BCUT2D eigenvalue weighted by Gasteiger charge is 2.13. The average molecular weight is 230 g/mol. The van der Waals surface area contributed by atoms with Crippen molar-refractivity contribution in [3.8, 4) is 0 Å². The molecule has 0 amide bonds. The van der Waals surface area contributed by atoms with Gasteiger partial charge in [-0.2, -0.15) is 0 Å². The maximum absolute atomic E-state index is 10.7. The number of carboxylic acids is 1.